The van der Waals surface area contributed by atoms with E-state index in [0.29, 0.717) is 0 Å². The van der Waals surface area contributed by atoms with Crippen molar-refractivity contribution in [3.63, 3.8) is 0 Å². The van der Waals surface area contributed by atoms with Crippen molar-refractivity contribution < 1.29 is 0 Å². The molecule has 0 bridgehead atoms. The number of hydrogen-bond donors (Lipinski definition) is 2. The fourth-order valence-corrected chi connectivity index (χ4v) is 3.44. The highest BCUT2D eigenvalue weighted by Crippen LogP contribution is 2.24. The number of anilines is 2. The third kappa shape index (κ3) is 2.25. The predicted molar refractivity (Wildman–Crippen MR) is 76.5 cm³/mol. The van der Waals surface area contributed by atoms with Crippen LogP contribution in [-0.2, 0) is 0 Å². The van der Waals surface area contributed by atoms with E-state index < -0.39 is 0 Å². The molecule has 0 spiro atoms. The summed E-state index contributed by atoms with van der Waals surface area (Å²) in [6.07, 6.45) is 6.98. The van der Waals surface area contributed by atoms with Gasteiger partial charge in [0.1, 0.15) is 5.82 Å². The van der Waals surface area contributed by atoms with E-state index in [-0.39, 0.29) is 0 Å². The van der Waals surface area contributed by atoms with Crippen LogP contribution in [0.4, 0.5) is 11.6 Å². The van der Waals surface area contributed by atoms with E-state index in [1.165, 1.54) is 17.9 Å². The van der Waals surface area contributed by atoms with Crippen LogP contribution in [0.3, 0.4) is 0 Å². The highest BCUT2D eigenvalue weighted by atomic mass is 32.2. The first-order valence-electron chi connectivity index (χ1n) is 6.20. The van der Waals surface area contributed by atoms with Crippen molar-refractivity contribution in [2.24, 2.45) is 5.92 Å². The number of nitrogens with one attached hydrogen (secondary N) is 2. The van der Waals surface area contributed by atoms with Crippen LogP contribution in [-0.4, -0.2) is 39.5 Å². The number of thioether (sulfide) groups is 1. The number of rotatable bonds is 4. The van der Waals surface area contributed by atoms with E-state index in [1.54, 1.807) is 6.20 Å². The largest absolute Gasteiger partial charge is 0.372 e. The van der Waals surface area contributed by atoms with E-state index in [4.69, 9.17) is 0 Å². The molecule has 1 saturated heterocycles. The standard InChI is InChI=1S/C12H17N5S/c1-13-10-7-17-4-3-14-12(17)11(16-10)15-6-9-2-5-18-8-9/h3-4,7,9,13H,2,5-6,8H2,1H3,(H,15,16). The lowest BCUT2D eigenvalue weighted by atomic mass is 10.1. The van der Waals surface area contributed by atoms with Crippen LogP contribution in [0.5, 0.6) is 0 Å². The maximum absolute atomic E-state index is 4.54. The molecule has 2 aromatic rings. The fourth-order valence-electron chi connectivity index (χ4n) is 2.16. The van der Waals surface area contributed by atoms with Crippen molar-refractivity contribution in [1.82, 2.24) is 14.4 Å². The molecule has 6 heteroatoms. The first kappa shape index (κ1) is 11.6. The third-order valence-electron chi connectivity index (χ3n) is 3.21. The van der Waals surface area contributed by atoms with Gasteiger partial charge in [0.25, 0.3) is 0 Å². The van der Waals surface area contributed by atoms with Gasteiger partial charge >= 0.3 is 0 Å². The third-order valence-corrected chi connectivity index (χ3v) is 4.44. The number of imidazole rings is 1. The van der Waals surface area contributed by atoms with E-state index in [9.17, 15) is 0 Å². The lowest BCUT2D eigenvalue weighted by Gasteiger charge is -2.12. The fraction of sp³-hybridized carbons (Fsp3) is 0.500. The highest BCUT2D eigenvalue weighted by molar-refractivity contribution is 7.99. The molecule has 3 rings (SSSR count). The van der Waals surface area contributed by atoms with Gasteiger partial charge in [0.15, 0.2) is 11.5 Å². The number of nitrogens with zero attached hydrogens (tertiary/aromatic N) is 3. The summed E-state index contributed by atoms with van der Waals surface area (Å²) < 4.78 is 1.99. The summed E-state index contributed by atoms with van der Waals surface area (Å²) in [6, 6.07) is 0. The monoisotopic (exact) mass is 263 g/mol. The molecule has 0 radical (unpaired) electrons. The van der Waals surface area contributed by atoms with Crippen LogP contribution in [0.15, 0.2) is 18.6 Å². The maximum Gasteiger partial charge on any atom is 0.180 e. The van der Waals surface area contributed by atoms with Gasteiger partial charge in [0.2, 0.25) is 0 Å². The Morgan fingerprint density at radius 3 is 3.28 bits per heavy atom. The van der Waals surface area contributed by atoms with Crippen LogP contribution >= 0.6 is 11.8 Å². The molecule has 1 atom stereocenters. The summed E-state index contributed by atoms with van der Waals surface area (Å²) in [5, 5.41) is 6.52. The predicted octanol–water partition coefficient (Wildman–Crippen LogP) is 1.94. The van der Waals surface area contributed by atoms with Gasteiger partial charge in [-0.15, -0.1) is 0 Å². The van der Waals surface area contributed by atoms with Crippen molar-refractivity contribution in [3.8, 4) is 0 Å². The summed E-state index contributed by atoms with van der Waals surface area (Å²) in [7, 11) is 1.88. The number of hydrogen-bond acceptors (Lipinski definition) is 5. The Morgan fingerprint density at radius 2 is 2.50 bits per heavy atom. The van der Waals surface area contributed by atoms with Crippen molar-refractivity contribution in [2.75, 3.05) is 35.7 Å². The zero-order chi connectivity index (χ0) is 12.4. The first-order valence-corrected chi connectivity index (χ1v) is 7.35. The van der Waals surface area contributed by atoms with Gasteiger partial charge in [-0.3, -0.25) is 0 Å². The quantitative estimate of drug-likeness (QED) is 0.883. The highest BCUT2D eigenvalue weighted by Gasteiger charge is 2.16. The Morgan fingerprint density at radius 1 is 1.56 bits per heavy atom. The van der Waals surface area contributed by atoms with Crippen molar-refractivity contribution in [2.45, 2.75) is 6.42 Å². The van der Waals surface area contributed by atoms with Crippen LogP contribution in [0, 0.1) is 5.92 Å². The molecule has 0 saturated carbocycles. The van der Waals surface area contributed by atoms with Crippen LogP contribution in [0.1, 0.15) is 6.42 Å². The minimum absolute atomic E-state index is 0.755. The van der Waals surface area contributed by atoms with E-state index >= 15 is 0 Å². The molecule has 1 unspecified atom stereocenters. The average molecular weight is 263 g/mol. The first-order chi connectivity index (χ1) is 8.86. The molecule has 96 valence electrons. The van der Waals surface area contributed by atoms with Gasteiger partial charge < -0.3 is 15.0 Å². The molecule has 2 aromatic heterocycles. The normalized spacial score (nSPS) is 19.3. The lowest BCUT2D eigenvalue weighted by Crippen LogP contribution is -2.15. The molecule has 1 aliphatic rings. The summed E-state index contributed by atoms with van der Waals surface area (Å²) in [5.74, 6) is 5.01. The molecular formula is C12H17N5S. The van der Waals surface area contributed by atoms with Crippen LogP contribution in [0.25, 0.3) is 5.65 Å². The molecule has 0 amide bonds. The summed E-state index contributed by atoms with van der Waals surface area (Å²) in [4.78, 5) is 8.88. The van der Waals surface area contributed by atoms with Gasteiger partial charge in [-0.1, -0.05) is 0 Å². The summed E-state index contributed by atoms with van der Waals surface area (Å²) >= 11 is 2.04. The molecule has 3 heterocycles. The van der Waals surface area contributed by atoms with Gasteiger partial charge in [0, 0.05) is 26.0 Å². The maximum atomic E-state index is 4.54. The molecule has 0 aliphatic carbocycles. The Hall–Kier alpha value is -1.43. The van der Waals surface area contributed by atoms with E-state index in [2.05, 4.69) is 20.6 Å². The zero-order valence-electron chi connectivity index (χ0n) is 10.4. The Balaban J connectivity index is 1.82. The summed E-state index contributed by atoms with van der Waals surface area (Å²) in [6.45, 7) is 0.982. The smallest absolute Gasteiger partial charge is 0.180 e. The van der Waals surface area contributed by atoms with Gasteiger partial charge in [-0.25, -0.2) is 9.97 Å². The summed E-state index contributed by atoms with van der Waals surface area (Å²) in [5.41, 5.74) is 0.889. The van der Waals surface area contributed by atoms with Crippen molar-refractivity contribution in [1.29, 1.82) is 0 Å². The molecule has 18 heavy (non-hydrogen) atoms. The van der Waals surface area contributed by atoms with Crippen molar-refractivity contribution >= 4 is 29.0 Å². The molecule has 1 aliphatic heterocycles. The molecule has 2 N–H and O–H groups in total. The van der Waals surface area contributed by atoms with E-state index in [1.807, 2.05) is 35.6 Å². The topological polar surface area (TPSA) is 54.2 Å². The second-order valence-corrected chi connectivity index (χ2v) is 5.64. The molecule has 1 fully saturated rings. The second-order valence-electron chi connectivity index (χ2n) is 4.49. The molecule has 5 nitrogen and oxygen atoms in total. The average Bonchev–Trinajstić information content (AvgIpc) is 3.06. The Bertz CT molecular complexity index is 532. The van der Waals surface area contributed by atoms with Crippen LogP contribution < -0.4 is 10.6 Å². The van der Waals surface area contributed by atoms with Gasteiger partial charge in [0.05, 0.1) is 6.20 Å². The zero-order valence-corrected chi connectivity index (χ0v) is 11.2. The Labute approximate surface area is 110 Å². The van der Waals surface area contributed by atoms with Gasteiger partial charge in [-0.2, -0.15) is 11.8 Å². The SMILES string of the molecule is CNc1cn2ccnc2c(NCC2CCSC2)n1. The van der Waals surface area contributed by atoms with Gasteiger partial charge in [-0.05, 0) is 23.8 Å². The lowest BCUT2D eigenvalue weighted by molar-refractivity contribution is 0.630. The Kier molecular flexibility index (Phi) is 3.27. The minimum Gasteiger partial charge on any atom is -0.372 e. The van der Waals surface area contributed by atoms with Crippen molar-refractivity contribution in [3.05, 3.63) is 18.6 Å². The second kappa shape index (κ2) is 5.06. The number of fused-ring (bicyclic) bond motifs is 1. The van der Waals surface area contributed by atoms with E-state index in [0.717, 1.165) is 29.7 Å². The molecular weight excluding hydrogens is 246 g/mol. The van der Waals surface area contributed by atoms with Crippen LogP contribution in [0.2, 0.25) is 0 Å². The number of aromatic nitrogens is 3. The molecule has 0 aromatic carbocycles. The minimum atomic E-state index is 0.755.